The Kier molecular flexibility index (Phi) is 5.13. The summed E-state index contributed by atoms with van der Waals surface area (Å²) in [6.07, 6.45) is 0.575. The first-order chi connectivity index (χ1) is 13.5. The number of rotatable bonds is 2. The molecule has 0 N–H and O–H groups in total. The minimum atomic E-state index is -1.09. The molecule has 1 spiro atoms. The van der Waals surface area contributed by atoms with Crippen molar-refractivity contribution < 1.29 is 14.4 Å². The van der Waals surface area contributed by atoms with Crippen LogP contribution in [0.4, 0.5) is 0 Å². The summed E-state index contributed by atoms with van der Waals surface area (Å²) in [5.74, 6) is 4.77. The maximum Gasteiger partial charge on any atom is 0.242 e. The third-order valence-electron chi connectivity index (χ3n) is 6.05. The zero-order valence-corrected chi connectivity index (χ0v) is 17.7. The van der Waals surface area contributed by atoms with Crippen molar-refractivity contribution in [3.05, 3.63) is 34.4 Å². The molecule has 0 aromatic heterocycles. The molecule has 1 aromatic rings. The quantitative estimate of drug-likeness (QED) is 0.574. The summed E-state index contributed by atoms with van der Waals surface area (Å²) < 4.78 is 0. The van der Waals surface area contributed by atoms with Gasteiger partial charge < -0.3 is 4.90 Å². The first-order valence-electron chi connectivity index (χ1n) is 9.83. The molecule has 1 aromatic carbocycles. The van der Waals surface area contributed by atoms with E-state index >= 15 is 0 Å². The van der Waals surface area contributed by atoms with Gasteiger partial charge in [-0.3, -0.25) is 14.4 Å². The largest absolute Gasteiger partial charge is 0.340 e. The lowest BCUT2D eigenvalue weighted by atomic mass is 9.62. The second kappa shape index (κ2) is 7.16. The van der Waals surface area contributed by atoms with Gasteiger partial charge in [0.2, 0.25) is 5.91 Å². The van der Waals surface area contributed by atoms with Crippen molar-refractivity contribution in [3.63, 3.8) is 0 Å². The Bertz CT molecular complexity index is 968. The van der Waals surface area contributed by atoms with Gasteiger partial charge in [0.1, 0.15) is 22.9 Å². The number of benzene rings is 1. The van der Waals surface area contributed by atoms with Crippen LogP contribution < -0.4 is 0 Å². The summed E-state index contributed by atoms with van der Waals surface area (Å²) in [7, 11) is 0. The molecule has 0 atom stereocenters. The van der Waals surface area contributed by atoms with Gasteiger partial charge in [0.25, 0.3) is 0 Å². The van der Waals surface area contributed by atoms with Gasteiger partial charge >= 0.3 is 0 Å². The van der Waals surface area contributed by atoms with Crippen molar-refractivity contribution >= 4 is 17.5 Å². The summed E-state index contributed by atoms with van der Waals surface area (Å²) in [4.78, 5) is 40.2. The number of nitrogens with zero attached hydrogens (tertiary/aromatic N) is 2. The van der Waals surface area contributed by atoms with E-state index in [1.165, 1.54) is 0 Å². The van der Waals surface area contributed by atoms with Gasteiger partial charge in [-0.05, 0) is 63.4 Å². The Morgan fingerprint density at radius 2 is 1.66 bits per heavy atom. The fraction of sp³-hybridized carbons (Fsp3) is 0.500. The number of aryl methyl sites for hydroxylation is 2. The van der Waals surface area contributed by atoms with Crippen LogP contribution in [0, 0.1) is 47.8 Å². The Hall–Kier alpha value is -2.92. The molecule has 2 fully saturated rings. The average Bonchev–Trinajstić information content (AvgIpc) is 2.60. The molecule has 5 heteroatoms. The summed E-state index contributed by atoms with van der Waals surface area (Å²) in [5, 5.41) is 9.17. The monoisotopic (exact) mass is 390 g/mol. The van der Waals surface area contributed by atoms with Crippen molar-refractivity contribution in [2.45, 2.75) is 53.4 Å². The van der Waals surface area contributed by atoms with Crippen LogP contribution in [0.15, 0.2) is 12.1 Å². The Labute approximate surface area is 172 Å². The zero-order chi connectivity index (χ0) is 21.6. The number of amides is 1. The second-order valence-corrected chi connectivity index (χ2v) is 9.02. The normalized spacial score (nSPS) is 18.7. The molecule has 1 aliphatic heterocycles. The van der Waals surface area contributed by atoms with E-state index in [2.05, 4.69) is 11.8 Å². The van der Waals surface area contributed by atoms with E-state index in [-0.39, 0.29) is 30.3 Å². The van der Waals surface area contributed by atoms with Crippen molar-refractivity contribution in [1.29, 1.82) is 5.26 Å². The molecule has 3 rings (SSSR count). The topological polar surface area (TPSA) is 78.2 Å². The Morgan fingerprint density at radius 1 is 1.14 bits per heavy atom. The lowest BCUT2D eigenvalue weighted by molar-refractivity contribution is -0.159. The van der Waals surface area contributed by atoms with Gasteiger partial charge in [-0.15, -0.1) is 5.92 Å². The molecule has 1 heterocycles. The molecule has 29 heavy (non-hydrogen) atoms. The molecule has 0 radical (unpaired) electrons. The smallest absolute Gasteiger partial charge is 0.242 e. The summed E-state index contributed by atoms with van der Waals surface area (Å²) in [6.45, 7) is 9.52. The minimum Gasteiger partial charge on any atom is -0.340 e. The molecule has 0 unspecified atom stereocenters. The first-order valence-corrected chi connectivity index (χ1v) is 9.83. The predicted molar refractivity (Wildman–Crippen MR) is 109 cm³/mol. The summed E-state index contributed by atoms with van der Waals surface area (Å²) >= 11 is 0. The van der Waals surface area contributed by atoms with Gasteiger partial charge in [0.05, 0.1) is 6.07 Å². The molecule has 150 valence electrons. The number of carbonyl (C=O) groups excluding carboxylic acids is 3. The third-order valence-corrected chi connectivity index (χ3v) is 6.05. The van der Waals surface area contributed by atoms with Gasteiger partial charge in [0, 0.05) is 36.9 Å². The Balaban J connectivity index is 1.80. The van der Waals surface area contributed by atoms with Crippen LogP contribution in [0.25, 0.3) is 0 Å². The van der Waals surface area contributed by atoms with Crippen molar-refractivity contribution in [2.24, 2.45) is 10.8 Å². The van der Waals surface area contributed by atoms with E-state index in [0.29, 0.717) is 13.1 Å². The summed E-state index contributed by atoms with van der Waals surface area (Å²) in [6, 6.07) is 5.88. The maximum atomic E-state index is 13.1. The van der Waals surface area contributed by atoms with E-state index in [1.807, 2.05) is 32.0 Å². The highest BCUT2D eigenvalue weighted by Crippen LogP contribution is 2.46. The van der Waals surface area contributed by atoms with Gasteiger partial charge in [-0.1, -0.05) is 5.92 Å². The highest BCUT2D eigenvalue weighted by molar-refractivity contribution is 6.11. The predicted octanol–water partition coefficient (Wildman–Crippen LogP) is 3.07. The van der Waals surface area contributed by atoms with Crippen LogP contribution in [-0.4, -0.2) is 35.5 Å². The fourth-order valence-corrected chi connectivity index (χ4v) is 4.73. The van der Waals surface area contributed by atoms with E-state index in [1.54, 1.807) is 25.7 Å². The molecule has 1 saturated carbocycles. The van der Waals surface area contributed by atoms with Crippen LogP contribution in [-0.2, 0) is 14.4 Å². The number of carbonyl (C=O) groups is 3. The van der Waals surface area contributed by atoms with Crippen molar-refractivity contribution in [2.75, 3.05) is 13.1 Å². The second-order valence-electron chi connectivity index (χ2n) is 9.02. The molecule has 0 bridgehead atoms. The van der Waals surface area contributed by atoms with Crippen LogP contribution >= 0.6 is 0 Å². The van der Waals surface area contributed by atoms with E-state index < -0.39 is 16.7 Å². The van der Waals surface area contributed by atoms with E-state index in [9.17, 15) is 19.6 Å². The van der Waals surface area contributed by atoms with Crippen LogP contribution in [0.2, 0.25) is 0 Å². The van der Waals surface area contributed by atoms with E-state index in [0.717, 1.165) is 22.3 Å². The van der Waals surface area contributed by atoms with Gasteiger partial charge in [-0.2, -0.15) is 5.26 Å². The van der Waals surface area contributed by atoms with Crippen LogP contribution in [0.5, 0.6) is 0 Å². The van der Waals surface area contributed by atoms with Crippen LogP contribution in [0.3, 0.4) is 0 Å². The number of hydrogen-bond acceptors (Lipinski definition) is 4. The fourth-order valence-electron chi connectivity index (χ4n) is 4.73. The molecule has 2 aliphatic rings. The number of hydrogen-bond donors (Lipinski definition) is 0. The number of nitriles is 1. The lowest BCUT2D eigenvalue weighted by Crippen LogP contribution is -2.63. The third kappa shape index (κ3) is 3.58. The SMILES string of the molecule is CC#Cc1cc(C)c(C2C(=O)CC3(CC2=O)CN(C(=O)C(C)(C)C#N)C3)c(C)c1. The zero-order valence-electron chi connectivity index (χ0n) is 17.7. The molecule has 1 saturated heterocycles. The number of Topliss-reactive ketones (excluding diaryl/α,β-unsaturated/α-hetero) is 2. The molecule has 1 amide bonds. The average molecular weight is 390 g/mol. The molecular weight excluding hydrogens is 364 g/mol. The highest BCUT2D eigenvalue weighted by Gasteiger charge is 2.54. The molecule has 5 nitrogen and oxygen atoms in total. The first kappa shape index (κ1) is 20.8. The van der Waals surface area contributed by atoms with E-state index in [4.69, 9.17) is 0 Å². The van der Waals surface area contributed by atoms with Gasteiger partial charge in [-0.25, -0.2) is 0 Å². The lowest BCUT2D eigenvalue weighted by Gasteiger charge is -2.53. The van der Waals surface area contributed by atoms with Crippen molar-refractivity contribution in [3.8, 4) is 17.9 Å². The molecular formula is C24H26N2O3. The Morgan fingerprint density at radius 3 is 2.10 bits per heavy atom. The van der Waals surface area contributed by atoms with Gasteiger partial charge in [0.15, 0.2) is 0 Å². The maximum absolute atomic E-state index is 13.1. The molecule has 1 aliphatic carbocycles. The van der Waals surface area contributed by atoms with Crippen molar-refractivity contribution in [1.82, 2.24) is 4.90 Å². The summed E-state index contributed by atoms with van der Waals surface area (Å²) in [5.41, 5.74) is 1.94. The highest BCUT2D eigenvalue weighted by atomic mass is 16.2. The number of likely N-dealkylation sites (tertiary alicyclic amines) is 1. The standard InChI is InChI=1S/C24H26N2O3/c1-6-7-17-8-15(2)20(16(3)9-17)21-18(27)10-24(11-19(21)28)13-26(14-24)22(29)23(4,5)12-25/h8-9,21H,10-11,13-14H2,1-5H3. The minimum absolute atomic E-state index is 0.0755. The van der Waals surface area contributed by atoms with Crippen LogP contribution in [0.1, 0.15) is 61.8 Å². The number of ketones is 2.